The van der Waals surface area contributed by atoms with Gasteiger partial charge < -0.3 is 5.32 Å². The molecule has 4 heterocycles. The van der Waals surface area contributed by atoms with E-state index in [2.05, 4.69) is 52.5 Å². The second kappa shape index (κ2) is 8.19. The van der Waals surface area contributed by atoms with Crippen molar-refractivity contribution in [3.63, 3.8) is 0 Å². The molecule has 1 saturated heterocycles. The van der Waals surface area contributed by atoms with Gasteiger partial charge in [0.05, 0.1) is 6.20 Å². The molecule has 1 unspecified atom stereocenters. The lowest BCUT2D eigenvalue weighted by Crippen LogP contribution is -2.34. The topological polar surface area (TPSA) is 58.9 Å². The molecular formula is C20H26N6S. The maximum atomic E-state index is 4.87. The van der Waals surface area contributed by atoms with Crippen molar-refractivity contribution in [1.29, 1.82) is 0 Å². The summed E-state index contributed by atoms with van der Waals surface area (Å²) in [5.74, 6) is 1.35. The Morgan fingerprint density at radius 2 is 2.22 bits per heavy atom. The molecule has 0 amide bonds. The molecule has 3 aromatic heterocycles. The zero-order valence-electron chi connectivity index (χ0n) is 15.9. The van der Waals surface area contributed by atoms with Gasteiger partial charge in [-0.2, -0.15) is 5.10 Å². The van der Waals surface area contributed by atoms with Crippen LogP contribution in [0.5, 0.6) is 0 Å². The van der Waals surface area contributed by atoms with Crippen LogP contribution < -0.4 is 5.32 Å². The average Bonchev–Trinajstić information content (AvgIpc) is 3.31. The maximum absolute atomic E-state index is 4.87. The summed E-state index contributed by atoms with van der Waals surface area (Å²) >= 11 is 1.65. The Morgan fingerprint density at radius 3 is 3.00 bits per heavy atom. The number of hydrogen-bond acceptors (Lipinski definition) is 6. The molecule has 6 nitrogen and oxygen atoms in total. The summed E-state index contributed by atoms with van der Waals surface area (Å²) in [5, 5.41) is 8.63. The molecule has 3 aromatic rings. The lowest BCUT2D eigenvalue weighted by molar-refractivity contribution is 0.198. The monoisotopic (exact) mass is 382 g/mol. The van der Waals surface area contributed by atoms with Crippen molar-refractivity contribution >= 4 is 22.3 Å². The molecule has 0 spiro atoms. The van der Waals surface area contributed by atoms with Crippen LogP contribution in [0.15, 0.2) is 36.8 Å². The van der Waals surface area contributed by atoms with Gasteiger partial charge in [0.15, 0.2) is 5.13 Å². The molecule has 1 aliphatic heterocycles. The second-order valence-corrected chi connectivity index (χ2v) is 8.36. The molecule has 1 atom stereocenters. The summed E-state index contributed by atoms with van der Waals surface area (Å²) in [6.45, 7) is 8.26. The minimum atomic E-state index is 0.472. The molecule has 0 saturated carbocycles. The zero-order valence-corrected chi connectivity index (χ0v) is 16.7. The third kappa shape index (κ3) is 4.54. The molecule has 7 heteroatoms. The van der Waals surface area contributed by atoms with E-state index in [-0.39, 0.29) is 0 Å². The smallest absolute Gasteiger partial charge is 0.188 e. The van der Waals surface area contributed by atoms with Crippen LogP contribution in [-0.2, 0) is 13.1 Å². The van der Waals surface area contributed by atoms with Crippen molar-refractivity contribution in [2.75, 3.05) is 18.4 Å². The largest absolute Gasteiger partial charge is 0.316 e. The van der Waals surface area contributed by atoms with Gasteiger partial charge >= 0.3 is 0 Å². The molecule has 4 rings (SSSR count). The number of anilines is 2. The fourth-order valence-corrected chi connectivity index (χ4v) is 4.30. The van der Waals surface area contributed by atoms with Crippen LogP contribution >= 0.6 is 11.3 Å². The van der Waals surface area contributed by atoms with Gasteiger partial charge in [-0.05, 0) is 45.4 Å². The number of piperidine rings is 1. The third-order valence-electron chi connectivity index (χ3n) is 4.97. The van der Waals surface area contributed by atoms with Crippen molar-refractivity contribution in [2.45, 2.75) is 45.7 Å². The highest BCUT2D eigenvalue weighted by molar-refractivity contribution is 7.15. The highest BCUT2D eigenvalue weighted by atomic mass is 32.1. The number of nitrogens with one attached hydrogen (secondary N) is 1. The molecule has 0 bridgehead atoms. The highest BCUT2D eigenvalue weighted by Crippen LogP contribution is 2.28. The van der Waals surface area contributed by atoms with Crippen molar-refractivity contribution in [1.82, 2.24) is 24.6 Å². The molecule has 0 aromatic carbocycles. The van der Waals surface area contributed by atoms with E-state index in [0.717, 1.165) is 37.1 Å². The number of hydrogen-bond donors (Lipinski definition) is 1. The van der Waals surface area contributed by atoms with E-state index < -0.39 is 0 Å². The SMILES string of the molecule is CCn1cc(CN2CCCC(c3cccc(Nc4ncc(C)s4)n3)C2)cn1. The first kappa shape index (κ1) is 18.1. The summed E-state index contributed by atoms with van der Waals surface area (Å²) in [5.41, 5.74) is 2.46. The minimum absolute atomic E-state index is 0.472. The van der Waals surface area contributed by atoms with Crippen LogP contribution in [0.3, 0.4) is 0 Å². The van der Waals surface area contributed by atoms with E-state index in [0.29, 0.717) is 5.92 Å². The Kier molecular flexibility index (Phi) is 5.50. The van der Waals surface area contributed by atoms with Gasteiger partial charge in [0, 0.05) is 54.1 Å². The third-order valence-corrected chi connectivity index (χ3v) is 5.80. The van der Waals surface area contributed by atoms with Gasteiger partial charge in [0.1, 0.15) is 5.82 Å². The Morgan fingerprint density at radius 1 is 1.30 bits per heavy atom. The van der Waals surface area contributed by atoms with Gasteiger partial charge in [-0.15, -0.1) is 11.3 Å². The Hall–Kier alpha value is -2.25. The van der Waals surface area contributed by atoms with Gasteiger partial charge in [-0.3, -0.25) is 9.58 Å². The van der Waals surface area contributed by atoms with Gasteiger partial charge in [-0.1, -0.05) is 6.07 Å². The molecule has 1 N–H and O–H groups in total. The second-order valence-electron chi connectivity index (χ2n) is 7.13. The molecule has 0 radical (unpaired) electrons. The Bertz CT molecular complexity index is 886. The van der Waals surface area contributed by atoms with E-state index >= 15 is 0 Å². The average molecular weight is 383 g/mol. The van der Waals surface area contributed by atoms with Crippen molar-refractivity contribution in [3.8, 4) is 0 Å². The summed E-state index contributed by atoms with van der Waals surface area (Å²) < 4.78 is 1.99. The first-order valence-corrected chi connectivity index (χ1v) is 10.4. The predicted molar refractivity (Wildman–Crippen MR) is 110 cm³/mol. The van der Waals surface area contributed by atoms with Crippen LogP contribution in [-0.4, -0.2) is 37.7 Å². The number of thiazole rings is 1. The normalized spacial score (nSPS) is 17.9. The summed E-state index contributed by atoms with van der Waals surface area (Å²) in [4.78, 5) is 13.0. The number of aromatic nitrogens is 4. The minimum Gasteiger partial charge on any atom is -0.316 e. The van der Waals surface area contributed by atoms with Crippen LogP contribution in [0.25, 0.3) is 0 Å². The number of likely N-dealkylation sites (tertiary alicyclic amines) is 1. The van der Waals surface area contributed by atoms with E-state index in [4.69, 9.17) is 4.98 Å². The summed E-state index contributed by atoms with van der Waals surface area (Å²) in [6.07, 6.45) is 8.43. The van der Waals surface area contributed by atoms with Crippen molar-refractivity contribution in [2.24, 2.45) is 0 Å². The van der Waals surface area contributed by atoms with E-state index in [1.165, 1.54) is 29.0 Å². The fraction of sp³-hybridized carbons (Fsp3) is 0.450. The summed E-state index contributed by atoms with van der Waals surface area (Å²) in [6, 6.07) is 6.26. The lowest BCUT2D eigenvalue weighted by Gasteiger charge is -2.32. The molecule has 0 aliphatic carbocycles. The standard InChI is InChI=1S/C20H26N6S/c1-3-26-13-16(11-22-26)12-25-9-5-6-17(14-25)18-7-4-8-19(23-18)24-20-21-10-15(2)27-20/h4,7-8,10-11,13,17H,3,5-6,9,12,14H2,1-2H3,(H,21,23,24). The van der Waals surface area contributed by atoms with Crippen LogP contribution in [0.2, 0.25) is 0 Å². The van der Waals surface area contributed by atoms with Crippen LogP contribution in [0, 0.1) is 6.92 Å². The van der Waals surface area contributed by atoms with E-state index in [9.17, 15) is 0 Å². The number of nitrogens with zero attached hydrogens (tertiary/aromatic N) is 5. The maximum Gasteiger partial charge on any atom is 0.188 e. The van der Waals surface area contributed by atoms with Crippen LogP contribution in [0.4, 0.5) is 10.9 Å². The van der Waals surface area contributed by atoms with E-state index in [1.54, 1.807) is 11.3 Å². The number of aryl methyl sites for hydroxylation is 2. The Balaban J connectivity index is 1.42. The summed E-state index contributed by atoms with van der Waals surface area (Å²) in [7, 11) is 0. The number of pyridine rings is 1. The lowest BCUT2D eigenvalue weighted by atomic mass is 9.94. The van der Waals surface area contributed by atoms with Gasteiger partial charge in [-0.25, -0.2) is 9.97 Å². The molecule has 1 aliphatic rings. The van der Waals surface area contributed by atoms with Crippen molar-refractivity contribution < 1.29 is 0 Å². The molecular weight excluding hydrogens is 356 g/mol. The van der Waals surface area contributed by atoms with Gasteiger partial charge in [0.2, 0.25) is 0 Å². The first-order chi connectivity index (χ1) is 13.2. The zero-order chi connectivity index (χ0) is 18.6. The fourth-order valence-electron chi connectivity index (χ4n) is 3.63. The predicted octanol–water partition coefficient (Wildman–Crippen LogP) is 4.19. The Labute approximate surface area is 164 Å². The molecule has 27 heavy (non-hydrogen) atoms. The number of rotatable bonds is 6. The van der Waals surface area contributed by atoms with Crippen molar-refractivity contribution in [3.05, 3.63) is 52.9 Å². The highest BCUT2D eigenvalue weighted by Gasteiger charge is 2.23. The molecule has 142 valence electrons. The van der Waals surface area contributed by atoms with E-state index in [1.807, 2.05) is 23.1 Å². The van der Waals surface area contributed by atoms with Gasteiger partial charge in [0.25, 0.3) is 0 Å². The van der Waals surface area contributed by atoms with Crippen LogP contribution in [0.1, 0.15) is 41.8 Å². The molecule has 1 fully saturated rings. The first-order valence-electron chi connectivity index (χ1n) is 9.59. The quantitative estimate of drug-likeness (QED) is 0.693.